The fraction of sp³-hybridized carbons (Fsp3) is 0.406. The van der Waals surface area contributed by atoms with Crippen LogP contribution in [0.5, 0.6) is 11.5 Å². The van der Waals surface area contributed by atoms with Gasteiger partial charge >= 0.3 is 0 Å². The molecule has 0 saturated carbocycles. The van der Waals surface area contributed by atoms with Gasteiger partial charge in [0.1, 0.15) is 36.5 Å². The lowest BCUT2D eigenvalue weighted by Crippen LogP contribution is -2.35. The van der Waals surface area contributed by atoms with Crippen molar-refractivity contribution in [3.63, 3.8) is 0 Å². The third-order valence-electron chi connectivity index (χ3n) is 8.11. The number of anilines is 2. The van der Waals surface area contributed by atoms with E-state index in [0.717, 1.165) is 90.2 Å². The summed E-state index contributed by atoms with van der Waals surface area (Å²) in [5.41, 5.74) is 4.52. The standard InChI is InChI=1S/C32H40N5O3P/c1-36-17-13-24(14-18-36)39-23-10-8-22(9-11-23)29-20-26-27(12-16-33-32(26)35-29)34-28-6-5-7-30(31(28)41(3,4)38)40-25-15-19-37(2)21-25/h5-12,16,20,24-25H,13-15,17-19,21H2,1-4H3,(H2,33,34,35). The molecule has 8 nitrogen and oxygen atoms in total. The molecule has 6 rings (SSSR count). The number of nitrogens with zero attached hydrogens (tertiary/aromatic N) is 3. The molecule has 216 valence electrons. The summed E-state index contributed by atoms with van der Waals surface area (Å²) in [6.07, 6.45) is 5.24. The number of likely N-dealkylation sites (N-methyl/N-ethyl adjacent to an activating group) is 1. The van der Waals surface area contributed by atoms with Crippen molar-refractivity contribution in [1.82, 2.24) is 19.8 Å². The Bertz CT molecular complexity index is 1560. The van der Waals surface area contributed by atoms with E-state index in [1.165, 1.54) is 0 Å². The summed E-state index contributed by atoms with van der Waals surface area (Å²) in [5, 5.41) is 5.28. The molecule has 2 N–H and O–H groups in total. The van der Waals surface area contributed by atoms with Gasteiger partial charge in [-0.05, 0) is 101 Å². The lowest BCUT2D eigenvalue weighted by molar-refractivity contribution is 0.114. The van der Waals surface area contributed by atoms with Gasteiger partial charge in [-0.25, -0.2) is 4.98 Å². The predicted octanol–water partition coefficient (Wildman–Crippen LogP) is 5.78. The number of likely N-dealkylation sites (tertiary alicyclic amines) is 2. The van der Waals surface area contributed by atoms with Crippen molar-refractivity contribution in [2.75, 3.05) is 58.9 Å². The van der Waals surface area contributed by atoms with Crippen molar-refractivity contribution in [1.29, 1.82) is 0 Å². The minimum Gasteiger partial charge on any atom is -0.490 e. The van der Waals surface area contributed by atoms with E-state index in [0.29, 0.717) is 5.75 Å². The summed E-state index contributed by atoms with van der Waals surface area (Å²) in [4.78, 5) is 12.7. The number of nitrogens with one attached hydrogen (secondary N) is 2. The Morgan fingerprint density at radius 2 is 1.63 bits per heavy atom. The number of ether oxygens (including phenoxy) is 2. The van der Waals surface area contributed by atoms with Crippen molar-refractivity contribution in [2.45, 2.75) is 31.5 Å². The van der Waals surface area contributed by atoms with Gasteiger partial charge in [0, 0.05) is 43.5 Å². The number of fused-ring (bicyclic) bond motifs is 1. The number of hydrogen-bond acceptors (Lipinski definition) is 7. The number of rotatable bonds is 8. The molecule has 2 aliphatic rings. The summed E-state index contributed by atoms with van der Waals surface area (Å²) in [6.45, 7) is 7.64. The Morgan fingerprint density at radius 3 is 2.34 bits per heavy atom. The second-order valence-corrected chi connectivity index (χ2v) is 15.0. The molecule has 4 heterocycles. The van der Waals surface area contributed by atoms with Crippen molar-refractivity contribution >= 4 is 34.9 Å². The highest BCUT2D eigenvalue weighted by molar-refractivity contribution is 7.70. The fourth-order valence-corrected chi connectivity index (χ4v) is 7.26. The van der Waals surface area contributed by atoms with Crippen molar-refractivity contribution in [2.24, 2.45) is 0 Å². The van der Waals surface area contributed by atoms with Gasteiger partial charge in [0.2, 0.25) is 0 Å². The van der Waals surface area contributed by atoms with Crippen LogP contribution in [-0.4, -0.2) is 85.6 Å². The van der Waals surface area contributed by atoms with E-state index in [-0.39, 0.29) is 12.2 Å². The van der Waals surface area contributed by atoms with E-state index in [1.54, 1.807) is 19.5 Å². The van der Waals surface area contributed by atoms with E-state index in [2.05, 4.69) is 57.4 Å². The molecule has 9 heteroatoms. The van der Waals surface area contributed by atoms with Gasteiger partial charge in [-0.1, -0.05) is 6.07 Å². The van der Waals surface area contributed by atoms with Gasteiger partial charge in [0.15, 0.2) is 0 Å². The zero-order chi connectivity index (χ0) is 28.6. The van der Waals surface area contributed by atoms with Crippen LogP contribution < -0.4 is 20.1 Å². The summed E-state index contributed by atoms with van der Waals surface area (Å²) in [5.74, 6) is 1.61. The van der Waals surface area contributed by atoms with Gasteiger partial charge in [0.25, 0.3) is 0 Å². The highest BCUT2D eigenvalue weighted by atomic mass is 31.2. The first-order valence-electron chi connectivity index (χ1n) is 14.5. The lowest BCUT2D eigenvalue weighted by atomic mass is 10.1. The second kappa shape index (κ2) is 11.5. The summed E-state index contributed by atoms with van der Waals surface area (Å²) in [6, 6.07) is 18.2. The Balaban J connectivity index is 1.25. The van der Waals surface area contributed by atoms with Crippen LogP contribution in [0.25, 0.3) is 22.3 Å². The van der Waals surface area contributed by atoms with Crippen LogP contribution in [0.2, 0.25) is 0 Å². The number of benzene rings is 2. The minimum atomic E-state index is -2.67. The molecule has 2 aliphatic heterocycles. The SMILES string of the molecule is CN1CCC(Oc2ccc(-c3cc4c(Nc5cccc(OC6CCN(C)C6)c5P(C)(C)=O)ccnc4[nH]3)cc2)CC1. The van der Waals surface area contributed by atoms with Crippen molar-refractivity contribution < 1.29 is 14.0 Å². The fourth-order valence-electron chi connectivity index (χ4n) is 5.89. The first-order valence-corrected chi connectivity index (χ1v) is 17.1. The smallest absolute Gasteiger partial charge is 0.139 e. The van der Waals surface area contributed by atoms with Crippen molar-refractivity contribution in [3.8, 4) is 22.8 Å². The molecule has 2 aromatic heterocycles. The van der Waals surface area contributed by atoms with Gasteiger partial charge in [0.05, 0.1) is 16.7 Å². The quantitative estimate of drug-likeness (QED) is 0.259. The van der Waals surface area contributed by atoms with Crippen LogP contribution >= 0.6 is 7.14 Å². The number of H-pyrrole nitrogens is 1. The van der Waals surface area contributed by atoms with Gasteiger partial charge in [-0.15, -0.1) is 0 Å². The predicted molar refractivity (Wildman–Crippen MR) is 168 cm³/mol. The topological polar surface area (TPSA) is 82.7 Å². The number of piperidine rings is 1. The van der Waals surface area contributed by atoms with Crippen LogP contribution in [0, 0.1) is 0 Å². The average molecular weight is 574 g/mol. The van der Waals surface area contributed by atoms with Crippen molar-refractivity contribution in [3.05, 3.63) is 60.8 Å². The van der Waals surface area contributed by atoms with Crippen LogP contribution in [0.3, 0.4) is 0 Å². The van der Waals surface area contributed by atoms with Crippen LogP contribution in [0.1, 0.15) is 19.3 Å². The molecule has 1 atom stereocenters. The molecule has 0 bridgehead atoms. The Hall–Kier alpha value is -3.32. The molecule has 0 aliphatic carbocycles. The van der Waals surface area contributed by atoms with Gasteiger partial charge in [-0.2, -0.15) is 0 Å². The molecular formula is C32H40N5O3P. The molecule has 0 amide bonds. The van der Waals surface area contributed by atoms with Crippen LogP contribution in [0.4, 0.5) is 11.4 Å². The molecule has 0 spiro atoms. The van der Waals surface area contributed by atoms with Crippen LogP contribution in [-0.2, 0) is 4.57 Å². The van der Waals surface area contributed by atoms with Gasteiger partial charge in [-0.3, -0.25) is 0 Å². The monoisotopic (exact) mass is 573 g/mol. The zero-order valence-electron chi connectivity index (χ0n) is 24.4. The highest BCUT2D eigenvalue weighted by Gasteiger charge is 2.27. The number of aromatic amines is 1. The highest BCUT2D eigenvalue weighted by Crippen LogP contribution is 2.43. The lowest BCUT2D eigenvalue weighted by Gasteiger charge is -2.29. The molecular weight excluding hydrogens is 533 g/mol. The van der Waals surface area contributed by atoms with E-state index in [9.17, 15) is 4.57 Å². The Morgan fingerprint density at radius 1 is 0.902 bits per heavy atom. The largest absolute Gasteiger partial charge is 0.490 e. The average Bonchev–Trinajstić information content (AvgIpc) is 3.56. The number of hydrogen-bond donors (Lipinski definition) is 2. The first-order chi connectivity index (χ1) is 19.7. The zero-order valence-corrected chi connectivity index (χ0v) is 25.3. The van der Waals surface area contributed by atoms with Gasteiger partial charge < -0.3 is 34.1 Å². The number of pyridine rings is 1. The van der Waals surface area contributed by atoms with E-state index < -0.39 is 7.14 Å². The molecule has 0 radical (unpaired) electrons. The molecule has 2 fully saturated rings. The summed E-state index contributed by atoms with van der Waals surface area (Å²) >= 11 is 0. The maximum atomic E-state index is 13.5. The normalized spacial score (nSPS) is 19.1. The number of aromatic nitrogens is 2. The van der Waals surface area contributed by atoms with Crippen LogP contribution in [0.15, 0.2) is 60.8 Å². The molecule has 4 aromatic rings. The third-order valence-corrected chi connectivity index (χ3v) is 9.65. The minimum absolute atomic E-state index is 0.0987. The maximum absolute atomic E-state index is 13.5. The molecule has 1 unspecified atom stereocenters. The summed E-state index contributed by atoms with van der Waals surface area (Å²) in [7, 11) is 1.60. The second-order valence-electron chi connectivity index (χ2n) is 11.9. The first kappa shape index (κ1) is 27.8. The van der Waals surface area contributed by atoms with E-state index in [4.69, 9.17) is 9.47 Å². The molecule has 41 heavy (non-hydrogen) atoms. The third kappa shape index (κ3) is 6.30. The maximum Gasteiger partial charge on any atom is 0.139 e. The Labute approximate surface area is 242 Å². The Kier molecular flexibility index (Phi) is 7.82. The molecule has 2 saturated heterocycles. The van der Waals surface area contributed by atoms with E-state index in [1.807, 2.05) is 36.4 Å². The summed E-state index contributed by atoms with van der Waals surface area (Å²) < 4.78 is 26.2. The molecule has 2 aromatic carbocycles. The van der Waals surface area contributed by atoms with E-state index >= 15 is 0 Å².